The molecule has 2 amide bonds. The first-order chi connectivity index (χ1) is 18.6. The van der Waals surface area contributed by atoms with Crippen molar-refractivity contribution < 1.29 is 22.9 Å². The third-order valence-electron chi connectivity index (χ3n) is 6.84. The molecule has 1 saturated heterocycles. The average molecular weight is 559 g/mol. The Kier molecular flexibility index (Phi) is 9.35. The summed E-state index contributed by atoms with van der Waals surface area (Å²) in [6, 6.07) is 10.2. The first-order valence-electron chi connectivity index (χ1n) is 13.1. The van der Waals surface area contributed by atoms with E-state index < -0.39 is 11.7 Å². The first kappa shape index (κ1) is 28.7. The number of hydrogen-bond acceptors (Lipinski definition) is 5. The number of aromatic nitrogens is 1. The summed E-state index contributed by atoms with van der Waals surface area (Å²) >= 11 is 6.28. The molecule has 208 valence electrons. The van der Waals surface area contributed by atoms with Gasteiger partial charge in [-0.15, -0.1) is 0 Å². The molecule has 0 spiro atoms. The van der Waals surface area contributed by atoms with Crippen molar-refractivity contribution in [3.8, 4) is 11.3 Å². The molecular weight excluding hydrogens is 526 g/mol. The molecule has 0 bridgehead atoms. The maximum Gasteiger partial charge on any atom is 0.260 e. The van der Waals surface area contributed by atoms with E-state index >= 15 is 0 Å². The zero-order valence-corrected chi connectivity index (χ0v) is 23.2. The molecule has 7 nitrogen and oxygen atoms in total. The molecule has 10 heteroatoms. The van der Waals surface area contributed by atoms with Crippen molar-refractivity contribution in [3.63, 3.8) is 0 Å². The molecule has 3 aromatic rings. The van der Waals surface area contributed by atoms with Gasteiger partial charge in [0.2, 0.25) is 5.91 Å². The van der Waals surface area contributed by atoms with Gasteiger partial charge in [-0.25, -0.2) is 8.78 Å². The number of carbonyl (C=O) groups is 2. The van der Waals surface area contributed by atoms with Crippen LogP contribution < -0.4 is 0 Å². The number of rotatable bonds is 9. The van der Waals surface area contributed by atoms with E-state index in [0.717, 1.165) is 5.56 Å². The molecule has 1 aliphatic heterocycles. The smallest absolute Gasteiger partial charge is 0.260 e. The van der Waals surface area contributed by atoms with Gasteiger partial charge >= 0.3 is 0 Å². The number of hydrogen-bond donors (Lipinski definition) is 0. The highest BCUT2D eigenvalue weighted by Gasteiger charge is 2.30. The van der Waals surface area contributed by atoms with Crippen LogP contribution in [0.4, 0.5) is 8.78 Å². The number of halogens is 3. The van der Waals surface area contributed by atoms with Crippen LogP contribution in [0.5, 0.6) is 0 Å². The second kappa shape index (κ2) is 12.7. The van der Waals surface area contributed by atoms with E-state index in [4.69, 9.17) is 16.1 Å². The largest absolute Gasteiger partial charge is 0.360 e. The Labute approximate surface area is 232 Å². The van der Waals surface area contributed by atoms with E-state index in [0.29, 0.717) is 51.6 Å². The molecule has 1 aromatic heterocycles. The van der Waals surface area contributed by atoms with Crippen LogP contribution in [0.3, 0.4) is 0 Å². The highest BCUT2D eigenvalue weighted by molar-refractivity contribution is 6.33. The summed E-state index contributed by atoms with van der Waals surface area (Å²) in [7, 11) is 0. The number of carbonyl (C=O) groups excluding carboxylic acids is 2. The quantitative estimate of drug-likeness (QED) is 0.351. The van der Waals surface area contributed by atoms with E-state index in [2.05, 4.69) is 10.1 Å². The molecule has 0 aliphatic carbocycles. The summed E-state index contributed by atoms with van der Waals surface area (Å²) in [4.78, 5) is 32.1. The maximum atomic E-state index is 14.8. The molecule has 2 heterocycles. The average Bonchev–Trinajstić information content (AvgIpc) is 3.27. The molecule has 0 N–H and O–H groups in total. The number of nitrogens with zero attached hydrogens (tertiary/aromatic N) is 4. The molecule has 4 rings (SSSR count). The Balaban J connectivity index is 1.54. The van der Waals surface area contributed by atoms with Crippen LogP contribution in [-0.4, -0.2) is 70.9 Å². The monoisotopic (exact) mass is 558 g/mol. The molecule has 2 aromatic carbocycles. The lowest BCUT2D eigenvalue weighted by molar-refractivity contribution is -0.133. The predicted octanol–water partition coefficient (Wildman–Crippen LogP) is 5.41. The lowest BCUT2D eigenvalue weighted by Crippen LogP contribution is -2.50. The van der Waals surface area contributed by atoms with Crippen molar-refractivity contribution >= 4 is 23.4 Å². The van der Waals surface area contributed by atoms with E-state index in [1.807, 2.05) is 18.7 Å². The number of piperazine rings is 1. The Morgan fingerprint density at radius 3 is 2.41 bits per heavy atom. The minimum absolute atomic E-state index is 0.00304. The Hall–Kier alpha value is -3.30. The van der Waals surface area contributed by atoms with Gasteiger partial charge in [0.1, 0.15) is 28.7 Å². The third kappa shape index (κ3) is 7.02. The van der Waals surface area contributed by atoms with Crippen molar-refractivity contribution in [1.82, 2.24) is 19.9 Å². The van der Waals surface area contributed by atoms with E-state index in [-0.39, 0.29) is 45.9 Å². The second-order valence-electron chi connectivity index (χ2n) is 10.2. The van der Waals surface area contributed by atoms with E-state index in [1.54, 1.807) is 24.0 Å². The van der Waals surface area contributed by atoms with Gasteiger partial charge in [0, 0.05) is 52.2 Å². The topological polar surface area (TPSA) is 69.9 Å². The predicted molar refractivity (Wildman–Crippen MR) is 145 cm³/mol. The van der Waals surface area contributed by atoms with Crippen LogP contribution in [0.25, 0.3) is 11.3 Å². The molecule has 0 atom stereocenters. The highest BCUT2D eigenvalue weighted by Crippen LogP contribution is 2.34. The Morgan fingerprint density at radius 2 is 1.77 bits per heavy atom. The normalized spacial score (nSPS) is 14.2. The van der Waals surface area contributed by atoms with Crippen molar-refractivity contribution in [2.24, 2.45) is 5.92 Å². The van der Waals surface area contributed by atoms with Gasteiger partial charge < -0.3 is 14.3 Å². The van der Waals surface area contributed by atoms with Crippen LogP contribution in [0.2, 0.25) is 5.02 Å². The molecule has 1 aliphatic rings. The molecule has 0 radical (unpaired) electrons. The minimum Gasteiger partial charge on any atom is -0.360 e. The molecule has 0 saturated carbocycles. The summed E-state index contributed by atoms with van der Waals surface area (Å²) < 4.78 is 33.6. The fourth-order valence-corrected chi connectivity index (χ4v) is 4.95. The van der Waals surface area contributed by atoms with Crippen LogP contribution in [0.15, 0.2) is 47.0 Å². The lowest BCUT2D eigenvalue weighted by atomic mass is 10.0. The second-order valence-corrected chi connectivity index (χ2v) is 10.6. The van der Waals surface area contributed by atoms with Gasteiger partial charge in [0.25, 0.3) is 5.91 Å². The summed E-state index contributed by atoms with van der Waals surface area (Å²) in [6.07, 6.45) is 0.534. The zero-order chi connectivity index (χ0) is 28.1. The fourth-order valence-electron chi connectivity index (χ4n) is 4.70. The molecule has 1 fully saturated rings. The minimum atomic E-state index is -0.611. The summed E-state index contributed by atoms with van der Waals surface area (Å²) in [5, 5.41) is 4.10. The first-order valence-corrected chi connectivity index (χ1v) is 13.5. The van der Waals surface area contributed by atoms with E-state index in [9.17, 15) is 18.4 Å². The van der Waals surface area contributed by atoms with Gasteiger partial charge in [-0.05, 0) is 42.7 Å². The summed E-state index contributed by atoms with van der Waals surface area (Å²) in [5.41, 5.74) is 0.923. The van der Waals surface area contributed by atoms with Gasteiger partial charge in [0.05, 0.1) is 10.6 Å². The van der Waals surface area contributed by atoms with Crippen molar-refractivity contribution in [2.75, 3.05) is 39.3 Å². The Morgan fingerprint density at radius 1 is 1.08 bits per heavy atom. The van der Waals surface area contributed by atoms with Gasteiger partial charge in [0.15, 0.2) is 0 Å². The van der Waals surface area contributed by atoms with Crippen LogP contribution in [-0.2, 0) is 11.3 Å². The highest BCUT2D eigenvalue weighted by atomic mass is 35.5. The summed E-state index contributed by atoms with van der Waals surface area (Å²) in [5.74, 6) is -0.645. The van der Waals surface area contributed by atoms with Crippen molar-refractivity contribution in [2.45, 2.75) is 33.7 Å². The number of aryl methyl sites for hydroxylation is 1. The molecule has 39 heavy (non-hydrogen) atoms. The summed E-state index contributed by atoms with van der Waals surface area (Å²) in [6.45, 7) is 9.46. The number of amides is 2. The van der Waals surface area contributed by atoms with Crippen LogP contribution in [0.1, 0.15) is 41.9 Å². The molecular formula is C29H33ClF2N4O3. The fraction of sp³-hybridized carbons (Fsp3) is 0.414. The SMILES string of the molecule is Cc1onc(-c2c(F)cccc2Cl)c1C(=O)N(CCN1CCN(C(=O)CC(C)C)CC1)Cc1ccc(F)cc1. The molecule has 0 unspecified atom stereocenters. The standard InChI is InChI=1S/C29H33ClF2N4O3/c1-19(2)17-25(37)35-14-11-34(12-15-35)13-16-36(18-21-7-9-22(31)10-8-21)29(38)26-20(3)39-33-28(26)27-23(30)5-4-6-24(27)32/h4-10,19H,11-18H2,1-3H3. The number of benzene rings is 2. The Bertz CT molecular complexity index is 1280. The third-order valence-corrected chi connectivity index (χ3v) is 7.16. The van der Waals surface area contributed by atoms with Gasteiger partial charge in [-0.1, -0.05) is 48.8 Å². The van der Waals surface area contributed by atoms with Gasteiger partial charge in [-0.3, -0.25) is 14.5 Å². The van der Waals surface area contributed by atoms with Gasteiger partial charge in [-0.2, -0.15) is 0 Å². The maximum absolute atomic E-state index is 14.8. The van der Waals surface area contributed by atoms with Crippen molar-refractivity contribution in [3.05, 3.63) is 76.0 Å². The lowest BCUT2D eigenvalue weighted by Gasteiger charge is -2.36. The van der Waals surface area contributed by atoms with Crippen LogP contribution in [0, 0.1) is 24.5 Å². The van der Waals surface area contributed by atoms with Crippen LogP contribution >= 0.6 is 11.6 Å². The zero-order valence-electron chi connectivity index (χ0n) is 22.4. The van der Waals surface area contributed by atoms with Crippen molar-refractivity contribution in [1.29, 1.82) is 0 Å². The van der Waals surface area contributed by atoms with E-state index in [1.165, 1.54) is 30.3 Å².